The first-order chi connectivity index (χ1) is 10.3. The summed E-state index contributed by atoms with van der Waals surface area (Å²) >= 11 is -0.403. The highest BCUT2D eigenvalue weighted by Gasteiger charge is 2.41. The van der Waals surface area contributed by atoms with E-state index in [1.165, 1.54) is 4.90 Å². The number of hydrogen-bond donors (Lipinski definition) is 1. The summed E-state index contributed by atoms with van der Waals surface area (Å²) < 4.78 is 36.4. The van der Waals surface area contributed by atoms with Crippen molar-refractivity contribution in [1.82, 2.24) is 4.90 Å². The lowest BCUT2D eigenvalue weighted by atomic mass is 9.89. The summed E-state index contributed by atoms with van der Waals surface area (Å²) in [6.07, 6.45) is 0. The Hall–Kier alpha value is -1.70. The summed E-state index contributed by atoms with van der Waals surface area (Å²) in [5.74, 6) is -3.67. The van der Waals surface area contributed by atoms with Crippen molar-refractivity contribution in [3.63, 3.8) is 0 Å². The van der Waals surface area contributed by atoms with E-state index in [9.17, 15) is 27.9 Å². The summed E-state index contributed by atoms with van der Waals surface area (Å²) in [5, 5.41) is 9.28. The SMILES string of the molecule is O=C(O)C1CN(C(=O)CSC(F)(F)F)CC1c1ccccc1. The molecule has 0 aliphatic carbocycles. The Morgan fingerprint density at radius 3 is 2.41 bits per heavy atom. The number of carboxylic acid groups (broad SMARTS) is 1. The average Bonchev–Trinajstić information content (AvgIpc) is 2.90. The van der Waals surface area contributed by atoms with Gasteiger partial charge in [0.2, 0.25) is 5.91 Å². The molecule has 2 atom stereocenters. The molecule has 0 bridgehead atoms. The maximum atomic E-state index is 12.1. The number of halogens is 3. The molecule has 22 heavy (non-hydrogen) atoms. The molecule has 0 aromatic heterocycles. The number of nitrogens with zero attached hydrogens (tertiary/aromatic N) is 1. The number of carbonyl (C=O) groups excluding carboxylic acids is 1. The molecule has 4 nitrogen and oxygen atoms in total. The standard InChI is InChI=1S/C14H14F3NO3S/c15-14(16,17)22-8-12(19)18-6-10(11(7-18)13(20)21)9-4-2-1-3-5-9/h1-5,10-11H,6-8H2,(H,20,21). The highest BCUT2D eigenvalue weighted by Crippen LogP contribution is 2.35. The van der Waals surface area contributed by atoms with Crippen molar-refractivity contribution in [2.45, 2.75) is 11.4 Å². The van der Waals surface area contributed by atoms with Gasteiger partial charge in [0.15, 0.2) is 0 Å². The number of rotatable bonds is 4. The van der Waals surface area contributed by atoms with E-state index >= 15 is 0 Å². The normalized spacial score (nSPS) is 21.9. The van der Waals surface area contributed by atoms with Crippen LogP contribution in [0, 0.1) is 5.92 Å². The number of aliphatic carboxylic acids is 1. The molecule has 1 aromatic carbocycles. The molecule has 0 radical (unpaired) electrons. The Balaban J connectivity index is 2.08. The van der Waals surface area contributed by atoms with Crippen molar-refractivity contribution >= 4 is 23.6 Å². The van der Waals surface area contributed by atoms with Crippen LogP contribution in [0.1, 0.15) is 11.5 Å². The Bertz CT molecular complexity index is 550. The van der Waals surface area contributed by atoms with Crippen LogP contribution < -0.4 is 0 Å². The van der Waals surface area contributed by atoms with Gasteiger partial charge in [0.1, 0.15) is 0 Å². The van der Waals surface area contributed by atoms with Gasteiger partial charge in [0, 0.05) is 19.0 Å². The number of alkyl halides is 3. The van der Waals surface area contributed by atoms with E-state index in [0.29, 0.717) is 0 Å². The first-order valence-corrected chi connectivity index (χ1v) is 7.52. The molecule has 1 heterocycles. The first kappa shape index (κ1) is 16.7. The Labute approximate surface area is 129 Å². The minimum Gasteiger partial charge on any atom is -0.481 e. The third-order valence-corrected chi connectivity index (χ3v) is 4.30. The maximum absolute atomic E-state index is 12.1. The van der Waals surface area contributed by atoms with Crippen LogP contribution in [-0.4, -0.2) is 46.2 Å². The van der Waals surface area contributed by atoms with Crippen LogP contribution in [0.5, 0.6) is 0 Å². The summed E-state index contributed by atoms with van der Waals surface area (Å²) in [5.41, 5.74) is -3.70. The molecular weight excluding hydrogens is 319 g/mol. The smallest absolute Gasteiger partial charge is 0.442 e. The monoisotopic (exact) mass is 333 g/mol. The van der Waals surface area contributed by atoms with Crippen molar-refractivity contribution in [2.75, 3.05) is 18.8 Å². The van der Waals surface area contributed by atoms with Crippen molar-refractivity contribution in [1.29, 1.82) is 0 Å². The summed E-state index contributed by atoms with van der Waals surface area (Å²) in [6.45, 7) is 0.0599. The molecule has 2 rings (SSSR count). The van der Waals surface area contributed by atoms with Crippen molar-refractivity contribution in [2.24, 2.45) is 5.92 Å². The second kappa shape index (κ2) is 6.60. The van der Waals surface area contributed by atoms with Gasteiger partial charge in [-0.25, -0.2) is 0 Å². The molecule has 1 aliphatic rings. The van der Waals surface area contributed by atoms with E-state index in [0.717, 1.165) is 5.56 Å². The van der Waals surface area contributed by atoms with Crippen LogP contribution in [0.2, 0.25) is 0 Å². The summed E-state index contributed by atoms with van der Waals surface area (Å²) in [7, 11) is 0. The zero-order chi connectivity index (χ0) is 16.3. The number of benzene rings is 1. The van der Waals surface area contributed by atoms with E-state index in [4.69, 9.17) is 0 Å². The summed E-state index contributed by atoms with van der Waals surface area (Å²) in [6, 6.07) is 8.84. The van der Waals surface area contributed by atoms with E-state index in [-0.39, 0.29) is 13.1 Å². The minimum absolute atomic E-state index is 0.0633. The lowest BCUT2D eigenvalue weighted by molar-refractivity contribution is -0.141. The van der Waals surface area contributed by atoms with Crippen molar-refractivity contribution in [3.8, 4) is 0 Å². The second-order valence-corrected chi connectivity index (χ2v) is 6.04. The molecule has 1 amide bonds. The van der Waals surface area contributed by atoms with Gasteiger partial charge in [-0.15, -0.1) is 0 Å². The predicted molar refractivity (Wildman–Crippen MR) is 75.4 cm³/mol. The van der Waals surface area contributed by atoms with Gasteiger partial charge >= 0.3 is 11.5 Å². The Morgan fingerprint density at radius 1 is 1.23 bits per heavy atom. The van der Waals surface area contributed by atoms with Gasteiger partial charge < -0.3 is 10.0 Å². The van der Waals surface area contributed by atoms with Crippen LogP contribution in [0.15, 0.2) is 30.3 Å². The first-order valence-electron chi connectivity index (χ1n) is 6.54. The maximum Gasteiger partial charge on any atom is 0.442 e. The van der Waals surface area contributed by atoms with Gasteiger partial charge in [0.25, 0.3) is 0 Å². The highest BCUT2D eigenvalue weighted by atomic mass is 32.2. The average molecular weight is 333 g/mol. The fraction of sp³-hybridized carbons (Fsp3) is 0.429. The lowest BCUT2D eigenvalue weighted by Gasteiger charge is -2.16. The molecule has 1 N–H and O–H groups in total. The van der Waals surface area contributed by atoms with Crippen LogP contribution in [0.4, 0.5) is 13.2 Å². The molecule has 2 unspecified atom stereocenters. The zero-order valence-electron chi connectivity index (χ0n) is 11.4. The van der Waals surface area contributed by atoms with Gasteiger partial charge in [-0.1, -0.05) is 30.3 Å². The van der Waals surface area contributed by atoms with Crippen LogP contribution in [-0.2, 0) is 9.59 Å². The highest BCUT2D eigenvalue weighted by molar-refractivity contribution is 8.00. The summed E-state index contributed by atoms with van der Waals surface area (Å²) in [4.78, 5) is 24.4. The van der Waals surface area contributed by atoms with Gasteiger partial charge in [-0.05, 0) is 17.3 Å². The van der Waals surface area contributed by atoms with Crippen LogP contribution in [0.25, 0.3) is 0 Å². The van der Waals surface area contributed by atoms with Gasteiger partial charge in [-0.2, -0.15) is 13.2 Å². The van der Waals surface area contributed by atoms with E-state index < -0.39 is 46.7 Å². The number of thioether (sulfide) groups is 1. The third-order valence-electron chi connectivity index (χ3n) is 3.58. The largest absolute Gasteiger partial charge is 0.481 e. The molecule has 1 fully saturated rings. The quantitative estimate of drug-likeness (QED) is 0.920. The van der Waals surface area contributed by atoms with Crippen LogP contribution in [0.3, 0.4) is 0 Å². The fourth-order valence-corrected chi connectivity index (χ4v) is 3.00. The lowest BCUT2D eigenvalue weighted by Crippen LogP contribution is -2.32. The fourth-order valence-electron chi connectivity index (χ4n) is 2.53. The molecule has 1 aliphatic heterocycles. The number of carbonyl (C=O) groups is 2. The zero-order valence-corrected chi connectivity index (χ0v) is 12.2. The molecule has 1 aromatic rings. The van der Waals surface area contributed by atoms with Crippen LogP contribution >= 0.6 is 11.8 Å². The van der Waals surface area contributed by atoms with E-state index in [2.05, 4.69) is 0 Å². The number of carboxylic acids is 1. The molecule has 0 saturated carbocycles. The van der Waals surface area contributed by atoms with Gasteiger partial charge in [-0.3, -0.25) is 9.59 Å². The van der Waals surface area contributed by atoms with Gasteiger partial charge in [0.05, 0.1) is 11.7 Å². The molecule has 0 spiro atoms. The third kappa shape index (κ3) is 4.16. The topological polar surface area (TPSA) is 57.6 Å². The molecule has 120 valence electrons. The Kier molecular flexibility index (Phi) is 5.00. The molecular formula is C14H14F3NO3S. The number of likely N-dealkylation sites (tertiary alicyclic amines) is 1. The number of amides is 1. The van der Waals surface area contributed by atoms with Crippen molar-refractivity contribution < 1.29 is 27.9 Å². The van der Waals surface area contributed by atoms with E-state index in [1.807, 2.05) is 0 Å². The second-order valence-electron chi connectivity index (χ2n) is 5.00. The molecule has 8 heteroatoms. The molecule has 1 saturated heterocycles. The van der Waals surface area contributed by atoms with Crippen molar-refractivity contribution in [3.05, 3.63) is 35.9 Å². The number of hydrogen-bond acceptors (Lipinski definition) is 3. The predicted octanol–water partition coefficient (Wildman–Crippen LogP) is 2.57. The van der Waals surface area contributed by atoms with E-state index in [1.54, 1.807) is 30.3 Å². The Morgan fingerprint density at radius 2 is 1.86 bits per heavy atom. The minimum atomic E-state index is -4.47.